The van der Waals surface area contributed by atoms with Crippen LogP contribution in [0.2, 0.25) is 0 Å². The number of nitriles is 1. The van der Waals surface area contributed by atoms with E-state index >= 15 is 0 Å². The van der Waals surface area contributed by atoms with Crippen molar-refractivity contribution in [2.45, 2.75) is 6.36 Å². The zero-order valence-corrected chi connectivity index (χ0v) is 7.95. The van der Waals surface area contributed by atoms with E-state index in [1.165, 1.54) is 6.07 Å². The molecule has 1 heterocycles. The number of aromatic hydroxyl groups is 1. The minimum atomic E-state index is -5.08. The van der Waals surface area contributed by atoms with Gasteiger partial charge in [-0.3, -0.25) is 4.79 Å². The molecule has 0 atom stereocenters. The normalized spacial score (nSPS) is 10.7. The summed E-state index contributed by atoms with van der Waals surface area (Å²) >= 11 is 0. The average Bonchev–Trinajstić information content (AvgIpc) is 2.18. The highest BCUT2D eigenvalue weighted by Crippen LogP contribution is 2.33. The number of pyridine rings is 1. The van der Waals surface area contributed by atoms with Gasteiger partial charge in [0.05, 0.1) is 0 Å². The lowest BCUT2D eigenvalue weighted by Crippen LogP contribution is -2.19. The second-order valence-electron chi connectivity index (χ2n) is 2.73. The quantitative estimate of drug-likeness (QED) is 0.797. The maximum atomic E-state index is 11.9. The van der Waals surface area contributed by atoms with Gasteiger partial charge in [-0.2, -0.15) is 5.26 Å². The molecule has 0 aliphatic carbocycles. The number of halogens is 3. The molecule has 9 heteroatoms. The highest BCUT2D eigenvalue weighted by molar-refractivity contribution is 5.91. The average molecular weight is 247 g/mol. The molecule has 0 unspecified atom stereocenters. The molecule has 0 radical (unpaired) electrons. The standard InChI is InChI=1S/C8H4F3N3O3/c9-8(10,11)17-5-1-3(7(13)16)14-4(2-12)6(5)15/h1,15H,(H2,13,16). The van der Waals surface area contributed by atoms with Gasteiger partial charge >= 0.3 is 6.36 Å². The Morgan fingerprint density at radius 2 is 2.18 bits per heavy atom. The van der Waals surface area contributed by atoms with Gasteiger partial charge in [0.25, 0.3) is 5.91 Å². The van der Waals surface area contributed by atoms with Crippen LogP contribution < -0.4 is 10.5 Å². The van der Waals surface area contributed by atoms with Gasteiger partial charge in [-0.1, -0.05) is 0 Å². The first-order valence-electron chi connectivity index (χ1n) is 3.94. The summed E-state index contributed by atoms with van der Waals surface area (Å²) in [5.74, 6) is -3.39. The van der Waals surface area contributed by atoms with E-state index < -0.39 is 35.2 Å². The molecule has 1 amide bonds. The Hall–Kier alpha value is -2.50. The van der Waals surface area contributed by atoms with Crippen molar-refractivity contribution in [3.63, 3.8) is 0 Å². The highest BCUT2D eigenvalue weighted by atomic mass is 19.4. The van der Waals surface area contributed by atoms with E-state index in [4.69, 9.17) is 11.0 Å². The molecule has 3 N–H and O–H groups in total. The molecule has 0 aliphatic rings. The smallest absolute Gasteiger partial charge is 0.502 e. The van der Waals surface area contributed by atoms with Crippen LogP contribution in [0.15, 0.2) is 6.07 Å². The second-order valence-corrected chi connectivity index (χ2v) is 2.73. The van der Waals surface area contributed by atoms with E-state index in [-0.39, 0.29) is 0 Å². The van der Waals surface area contributed by atoms with E-state index in [9.17, 15) is 23.1 Å². The molecule has 0 bridgehead atoms. The lowest BCUT2D eigenvalue weighted by atomic mass is 10.2. The lowest BCUT2D eigenvalue weighted by Gasteiger charge is -2.11. The Bertz CT molecular complexity index is 507. The van der Waals surface area contributed by atoms with Gasteiger partial charge in [0, 0.05) is 6.07 Å². The summed E-state index contributed by atoms with van der Waals surface area (Å²) in [6.45, 7) is 0. The number of hydrogen-bond acceptors (Lipinski definition) is 5. The summed E-state index contributed by atoms with van der Waals surface area (Å²) in [6.07, 6.45) is -5.08. The fraction of sp³-hybridized carbons (Fsp3) is 0.125. The number of rotatable bonds is 2. The Labute approximate surface area is 92.0 Å². The van der Waals surface area contributed by atoms with Crippen LogP contribution in [0.4, 0.5) is 13.2 Å². The number of amides is 1. The molecule has 0 saturated carbocycles. The molecule has 1 aromatic rings. The number of hydrogen-bond donors (Lipinski definition) is 2. The zero-order chi connectivity index (χ0) is 13.2. The predicted octanol–water partition coefficient (Wildman–Crippen LogP) is 0.656. The van der Waals surface area contributed by atoms with Crippen LogP contribution in [0, 0.1) is 11.3 Å². The number of nitrogens with two attached hydrogens (primary N) is 1. The summed E-state index contributed by atoms with van der Waals surface area (Å²) in [4.78, 5) is 14.0. The third-order valence-electron chi connectivity index (χ3n) is 1.54. The second kappa shape index (κ2) is 4.17. The third-order valence-corrected chi connectivity index (χ3v) is 1.54. The molecule has 0 saturated heterocycles. The topological polar surface area (TPSA) is 109 Å². The van der Waals surface area contributed by atoms with Gasteiger partial charge in [0.15, 0.2) is 17.2 Å². The van der Waals surface area contributed by atoms with Crippen molar-refractivity contribution in [1.29, 1.82) is 5.26 Å². The van der Waals surface area contributed by atoms with Gasteiger partial charge in [-0.25, -0.2) is 4.98 Å². The first kappa shape index (κ1) is 12.6. The SMILES string of the molecule is N#Cc1nc(C(N)=O)cc(OC(F)(F)F)c1O. The van der Waals surface area contributed by atoms with Crippen molar-refractivity contribution in [2.75, 3.05) is 0 Å². The van der Waals surface area contributed by atoms with Crippen molar-refractivity contribution < 1.29 is 27.8 Å². The lowest BCUT2D eigenvalue weighted by molar-refractivity contribution is -0.275. The molecular formula is C8H4F3N3O3. The summed E-state index contributed by atoms with van der Waals surface area (Å²) in [5.41, 5.74) is 3.37. The van der Waals surface area contributed by atoms with Gasteiger partial charge in [-0.15, -0.1) is 13.2 Å². The van der Waals surface area contributed by atoms with Crippen molar-refractivity contribution >= 4 is 5.91 Å². The van der Waals surface area contributed by atoms with E-state index in [0.29, 0.717) is 6.07 Å². The molecule has 0 aromatic carbocycles. The van der Waals surface area contributed by atoms with Gasteiger partial charge in [-0.05, 0) is 0 Å². The first-order valence-corrected chi connectivity index (χ1v) is 3.94. The molecule has 90 valence electrons. The van der Waals surface area contributed by atoms with Crippen LogP contribution >= 0.6 is 0 Å². The monoisotopic (exact) mass is 247 g/mol. The molecule has 1 rings (SSSR count). The zero-order valence-electron chi connectivity index (χ0n) is 7.95. The van der Waals surface area contributed by atoms with Crippen molar-refractivity contribution in [3.05, 3.63) is 17.5 Å². The predicted molar refractivity (Wildman–Crippen MR) is 45.8 cm³/mol. The molecule has 0 aliphatic heterocycles. The van der Waals surface area contributed by atoms with E-state index in [0.717, 1.165) is 0 Å². The summed E-state index contributed by atoms with van der Waals surface area (Å²) < 4.78 is 39.2. The third kappa shape index (κ3) is 2.97. The van der Waals surface area contributed by atoms with Crippen LogP contribution in [-0.4, -0.2) is 22.4 Å². The highest BCUT2D eigenvalue weighted by Gasteiger charge is 2.33. The van der Waals surface area contributed by atoms with Crippen LogP contribution in [0.5, 0.6) is 11.5 Å². The minimum Gasteiger partial charge on any atom is -0.502 e. The van der Waals surface area contributed by atoms with Gasteiger partial charge in [0.2, 0.25) is 0 Å². The summed E-state index contributed by atoms with van der Waals surface area (Å²) in [6, 6.07) is 1.79. The van der Waals surface area contributed by atoms with Crippen LogP contribution in [0.3, 0.4) is 0 Å². The number of carbonyl (C=O) groups is 1. The maximum Gasteiger partial charge on any atom is 0.573 e. The number of ether oxygens (including phenoxy) is 1. The van der Waals surface area contributed by atoms with Crippen molar-refractivity contribution in [2.24, 2.45) is 5.73 Å². The van der Waals surface area contributed by atoms with Gasteiger partial charge < -0.3 is 15.6 Å². The van der Waals surface area contributed by atoms with Crippen LogP contribution in [0.25, 0.3) is 0 Å². The minimum absolute atomic E-state index is 0.492. The van der Waals surface area contributed by atoms with Crippen molar-refractivity contribution in [3.8, 4) is 17.6 Å². The number of nitrogens with zero attached hydrogens (tertiary/aromatic N) is 2. The number of carbonyl (C=O) groups excluding carboxylic acids is 1. The molecule has 1 aromatic heterocycles. The molecule has 6 nitrogen and oxygen atoms in total. The van der Waals surface area contributed by atoms with Gasteiger partial charge in [0.1, 0.15) is 11.8 Å². The number of aromatic nitrogens is 1. The molecule has 0 fully saturated rings. The van der Waals surface area contributed by atoms with E-state index in [1.54, 1.807) is 0 Å². The molecule has 0 spiro atoms. The fourth-order valence-corrected chi connectivity index (χ4v) is 0.922. The summed E-state index contributed by atoms with van der Waals surface area (Å²) in [7, 11) is 0. The largest absolute Gasteiger partial charge is 0.573 e. The number of primary amides is 1. The fourth-order valence-electron chi connectivity index (χ4n) is 0.922. The molecular weight excluding hydrogens is 243 g/mol. The van der Waals surface area contributed by atoms with E-state index in [1.807, 2.05) is 0 Å². The maximum absolute atomic E-state index is 11.9. The van der Waals surface area contributed by atoms with E-state index in [2.05, 4.69) is 9.72 Å². The van der Waals surface area contributed by atoms with Crippen molar-refractivity contribution in [1.82, 2.24) is 4.98 Å². The Morgan fingerprint density at radius 1 is 1.59 bits per heavy atom. The Morgan fingerprint density at radius 3 is 2.59 bits per heavy atom. The summed E-state index contributed by atoms with van der Waals surface area (Å²) in [5, 5.41) is 17.7. The van der Waals surface area contributed by atoms with Crippen LogP contribution in [0.1, 0.15) is 16.2 Å². The Kier molecular flexibility index (Phi) is 3.08. The Balaban J connectivity index is 3.34. The first-order chi connectivity index (χ1) is 7.74. The number of alkyl halides is 3. The van der Waals surface area contributed by atoms with Crippen LogP contribution in [-0.2, 0) is 0 Å². The molecule has 17 heavy (non-hydrogen) atoms.